The van der Waals surface area contributed by atoms with Gasteiger partial charge in [-0.3, -0.25) is 4.98 Å². The van der Waals surface area contributed by atoms with Crippen LogP contribution in [0.2, 0.25) is 0 Å². The largest absolute Gasteiger partial charge is 0.469 e. The Morgan fingerprint density at radius 3 is 1.78 bits per heavy atom. The molecule has 0 saturated carbocycles. The summed E-state index contributed by atoms with van der Waals surface area (Å²) in [6, 6.07) is 34.9. The second-order valence-corrected chi connectivity index (χ2v) is 10.3. The molecule has 0 saturated heterocycles. The molecule has 0 radical (unpaired) electrons. The number of aliphatic imine (C=N–C) groups is 1. The maximum absolute atomic E-state index is 6.12. The minimum absolute atomic E-state index is 0.285. The van der Waals surface area contributed by atoms with Crippen molar-refractivity contribution < 1.29 is 4.74 Å². The van der Waals surface area contributed by atoms with Crippen molar-refractivity contribution in [3.8, 4) is 22.3 Å². The molecule has 178 valence electrons. The van der Waals surface area contributed by atoms with Crippen LogP contribution in [0.5, 0.6) is 0 Å². The summed E-state index contributed by atoms with van der Waals surface area (Å²) in [6.07, 6.45) is 3.80. The van der Waals surface area contributed by atoms with Crippen LogP contribution in [0, 0.1) is 0 Å². The monoisotopic (exact) mass is 478 g/mol. The lowest BCUT2D eigenvalue weighted by Gasteiger charge is -2.19. The van der Waals surface area contributed by atoms with E-state index in [-0.39, 0.29) is 5.60 Å². The Labute approximate surface area is 216 Å². The summed E-state index contributed by atoms with van der Waals surface area (Å²) < 4.78 is 6.12. The lowest BCUT2D eigenvalue weighted by atomic mass is 9.86. The lowest BCUT2D eigenvalue weighted by molar-refractivity contribution is 0.131. The SMILES string of the molecule is CC1(C)CN=C(c2cncc(-c3c4ccccc4c(-c4ccc5ccccc5c4)c4ccccc34)c2)O1. The molecule has 7 rings (SSSR count). The number of fused-ring (bicyclic) bond motifs is 3. The standard InChI is InChI=1S/C34H26N2O/c1-34(2)21-36-33(37-34)26-18-25(19-35-20-26)32-29-13-7-5-11-27(29)31(28-12-6-8-14-30(28)32)24-16-15-22-9-3-4-10-23(22)17-24/h3-20H,21H2,1-2H3. The average molecular weight is 479 g/mol. The van der Waals surface area contributed by atoms with Crippen LogP contribution in [0.1, 0.15) is 19.4 Å². The molecule has 1 aliphatic rings. The van der Waals surface area contributed by atoms with E-state index in [2.05, 4.69) is 121 Å². The van der Waals surface area contributed by atoms with Gasteiger partial charge >= 0.3 is 0 Å². The predicted molar refractivity (Wildman–Crippen MR) is 154 cm³/mol. The summed E-state index contributed by atoms with van der Waals surface area (Å²) >= 11 is 0. The highest BCUT2D eigenvalue weighted by atomic mass is 16.5. The molecule has 0 spiro atoms. The van der Waals surface area contributed by atoms with E-state index in [4.69, 9.17) is 4.74 Å². The highest BCUT2D eigenvalue weighted by molar-refractivity contribution is 6.21. The summed E-state index contributed by atoms with van der Waals surface area (Å²) in [5.74, 6) is 0.667. The molecule has 3 nitrogen and oxygen atoms in total. The maximum Gasteiger partial charge on any atom is 0.218 e. The van der Waals surface area contributed by atoms with Gasteiger partial charge in [0, 0.05) is 18.0 Å². The molecule has 0 bridgehead atoms. The zero-order valence-electron chi connectivity index (χ0n) is 20.9. The molecular weight excluding hydrogens is 452 g/mol. The van der Waals surface area contributed by atoms with Crippen LogP contribution >= 0.6 is 0 Å². The lowest BCUT2D eigenvalue weighted by Crippen LogP contribution is -2.24. The highest BCUT2D eigenvalue weighted by Gasteiger charge is 2.28. The molecule has 1 aliphatic heterocycles. The fraction of sp³-hybridized carbons (Fsp3) is 0.118. The van der Waals surface area contributed by atoms with E-state index in [0.717, 1.165) is 11.1 Å². The highest BCUT2D eigenvalue weighted by Crippen LogP contribution is 2.44. The quantitative estimate of drug-likeness (QED) is 0.239. The first-order valence-corrected chi connectivity index (χ1v) is 12.7. The van der Waals surface area contributed by atoms with Crippen molar-refractivity contribution in [1.29, 1.82) is 0 Å². The first-order chi connectivity index (χ1) is 18.1. The Hall–Kier alpha value is -4.50. The van der Waals surface area contributed by atoms with Crippen LogP contribution < -0.4 is 0 Å². The normalized spacial score (nSPS) is 14.7. The molecule has 3 heteroatoms. The van der Waals surface area contributed by atoms with E-state index in [9.17, 15) is 0 Å². The fourth-order valence-corrected chi connectivity index (χ4v) is 5.53. The molecule has 0 N–H and O–H groups in total. The van der Waals surface area contributed by atoms with Gasteiger partial charge in [0.25, 0.3) is 0 Å². The number of nitrogens with zero attached hydrogens (tertiary/aromatic N) is 2. The van der Waals surface area contributed by atoms with E-state index < -0.39 is 0 Å². The van der Waals surface area contributed by atoms with Gasteiger partial charge in [-0.15, -0.1) is 0 Å². The second-order valence-electron chi connectivity index (χ2n) is 10.3. The van der Waals surface area contributed by atoms with Crippen LogP contribution in [-0.4, -0.2) is 23.0 Å². The molecule has 1 aromatic heterocycles. The predicted octanol–water partition coefficient (Wildman–Crippen LogP) is 8.43. The van der Waals surface area contributed by atoms with Crippen molar-refractivity contribution in [2.45, 2.75) is 19.4 Å². The van der Waals surface area contributed by atoms with Gasteiger partial charge in [0.05, 0.1) is 12.1 Å². The Kier molecular flexibility index (Phi) is 4.87. The zero-order chi connectivity index (χ0) is 25.0. The first-order valence-electron chi connectivity index (χ1n) is 12.7. The smallest absolute Gasteiger partial charge is 0.218 e. The number of hydrogen-bond donors (Lipinski definition) is 0. The fourth-order valence-electron chi connectivity index (χ4n) is 5.53. The van der Waals surface area contributed by atoms with E-state index in [1.165, 1.54) is 49.0 Å². The van der Waals surface area contributed by atoms with E-state index in [0.29, 0.717) is 12.4 Å². The Balaban J connectivity index is 1.51. The van der Waals surface area contributed by atoms with Gasteiger partial charge in [-0.2, -0.15) is 0 Å². The van der Waals surface area contributed by atoms with Gasteiger partial charge in [0.2, 0.25) is 5.90 Å². The first kappa shape index (κ1) is 21.8. The minimum atomic E-state index is -0.285. The van der Waals surface area contributed by atoms with Crippen molar-refractivity contribution in [3.63, 3.8) is 0 Å². The second kappa shape index (κ2) is 8.28. The van der Waals surface area contributed by atoms with Gasteiger partial charge in [0.15, 0.2) is 0 Å². The third-order valence-corrected chi connectivity index (χ3v) is 7.22. The summed E-state index contributed by atoms with van der Waals surface area (Å²) in [5, 5.41) is 7.37. The number of benzene rings is 5. The van der Waals surface area contributed by atoms with Crippen LogP contribution in [0.15, 0.2) is 114 Å². The van der Waals surface area contributed by atoms with Crippen molar-refractivity contribution >= 4 is 38.2 Å². The molecule has 0 atom stereocenters. The maximum atomic E-state index is 6.12. The topological polar surface area (TPSA) is 34.5 Å². The van der Waals surface area contributed by atoms with E-state index in [1.54, 1.807) is 0 Å². The summed E-state index contributed by atoms with van der Waals surface area (Å²) in [6.45, 7) is 4.78. The molecule has 0 aliphatic carbocycles. The Morgan fingerprint density at radius 1 is 0.595 bits per heavy atom. The molecule has 37 heavy (non-hydrogen) atoms. The molecule has 5 aromatic carbocycles. The van der Waals surface area contributed by atoms with Crippen molar-refractivity contribution in [1.82, 2.24) is 4.98 Å². The number of ether oxygens (including phenoxy) is 1. The summed E-state index contributed by atoms with van der Waals surface area (Å²) in [4.78, 5) is 9.27. The number of aromatic nitrogens is 1. The molecule has 0 amide bonds. The number of hydrogen-bond acceptors (Lipinski definition) is 3. The number of rotatable bonds is 3. The summed E-state index contributed by atoms with van der Waals surface area (Å²) in [7, 11) is 0. The van der Waals surface area contributed by atoms with Gasteiger partial charge in [-0.1, -0.05) is 84.9 Å². The van der Waals surface area contributed by atoms with Crippen molar-refractivity contribution in [2.75, 3.05) is 6.54 Å². The molecule has 0 unspecified atom stereocenters. The van der Waals surface area contributed by atoms with E-state index in [1.807, 2.05) is 12.4 Å². The summed E-state index contributed by atoms with van der Waals surface area (Å²) in [5.41, 5.74) is 5.35. The zero-order valence-corrected chi connectivity index (χ0v) is 20.9. The Bertz CT molecular complexity index is 1810. The third kappa shape index (κ3) is 3.66. The molecule has 2 heterocycles. The average Bonchev–Trinajstić information content (AvgIpc) is 3.31. The van der Waals surface area contributed by atoms with Crippen LogP contribution in [-0.2, 0) is 4.74 Å². The van der Waals surface area contributed by atoms with Gasteiger partial charge in [-0.25, -0.2) is 4.99 Å². The molecule has 0 fully saturated rings. The molecular formula is C34H26N2O. The third-order valence-electron chi connectivity index (χ3n) is 7.22. The Morgan fingerprint density at radius 2 is 1.16 bits per heavy atom. The van der Waals surface area contributed by atoms with Gasteiger partial charge < -0.3 is 4.74 Å². The number of pyridine rings is 1. The van der Waals surface area contributed by atoms with Crippen LogP contribution in [0.4, 0.5) is 0 Å². The van der Waals surface area contributed by atoms with Crippen LogP contribution in [0.25, 0.3) is 54.6 Å². The minimum Gasteiger partial charge on any atom is -0.469 e. The van der Waals surface area contributed by atoms with Gasteiger partial charge in [-0.05, 0) is 75.0 Å². The van der Waals surface area contributed by atoms with Crippen molar-refractivity contribution in [3.05, 3.63) is 115 Å². The van der Waals surface area contributed by atoms with E-state index >= 15 is 0 Å². The van der Waals surface area contributed by atoms with Crippen molar-refractivity contribution in [2.24, 2.45) is 4.99 Å². The molecule has 6 aromatic rings. The van der Waals surface area contributed by atoms with Gasteiger partial charge in [0.1, 0.15) is 5.60 Å². The van der Waals surface area contributed by atoms with Crippen LogP contribution in [0.3, 0.4) is 0 Å².